The van der Waals surface area contributed by atoms with Gasteiger partial charge in [0.1, 0.15) is 6.10 Å². The van der Waals surface area contributed by atoms with E-state index in [-0.39, 0.29) is 0 Å². The third-order valence-corrected chi connectivity index (χ3v) is 2.82. The average Bonchev–Trinajstić information content (AvgIpc) is 2.52. The molecule has 1 rings (SSSR count). The van der Waals surface area contributed by atoms with Crippen LogP contribution in [-0.2, 0) is 6.54 Å². The summed E-state index contributed by atoms with van der Waals surface area (Å²) in [6, 6.07) is 3.88. The standard InChI is InChI=1S/C8H14N2OS/c1-10-5-7(11)8-3-2-6(4-9)12-8/h2-3,7,10-11H,4-5,9H2,1H3. The maximum absolute atomic E-state index is 9.54. The Morgan fingerprint density at radius 1 is 1.67 bits per heavy atom. The SMILES string of the molecule is CNCC(O)c1ccc(CN)s1. The van der Waals surface area contributed by atoms with Gasteiger partial charge in [-0.2, -0.15) is 0 Å². The molecule has 0 bridgehead atoms. The predicted molar refractivity (Wildman–Crippen MR) is 51.1 cm³/mol. The molecule has 0 radical (unpaired) electrons. The second-order valence-electron chi connectivity index (χ2n) is 2.58. The van der Waals surface area contributed by atoms with E-state index in [2.05, 4.69) is 5.32 Å². The Kier molecular flexibility index (Phi) is 3.68. The first-order valence-electron chi connectivity index (χ1n) is 3.89. The normalized spacial score (nSPS) is 13.2. The molecule has 0 saturated heterocycles. The van der Waals surface area contributed by atoms with Crippen molar-refractivity contribution in [3.05, 3.63) is 21.9 Å². The van der Waals surface area contributed by atoms with Crippen molar-refractivity contribution in [3.63, 3.8) is 0 Å². The largest absolute Gasteiger partial charge is 0.386 e. The van der Waals surface area contributed by atoms with Crippen molar-refractivity contribution in [2.45, 2.75) is 12.6 Å². The van der Waals surface area contributed by atoms with Gasteiger partial charge in [-0.25, -0.2) is 0 Å². The Labute approximate surface area is 76.2 Å². The predicted octanol–water partition coefficient (Wildman–Crippen LogP) is 0.460. The summed E-state index contributed by atoms with van der Waals surface area (Å²) in [5.74, 6) is 0. The van der Waals surface area contributed by atoms with E-state index in [0.717, 1.165) is 9.75 Å². The Balaban J connectivity index is 2.61. The minimum absolute atomic E-state index is 0.403. The number of hydrogen-bond acceptors (Lipinski definition) is 4. The molecule has 4 N–H and O–H groups in total. The average molecular weight is 186 g/mol. The minimum atomic E-state index is -0.403. The lowest BCUT2D eigenvalue weighted by atomic mass is 10.3. The van der Waals surface area contributed by atoms with Gasteiger partial charge in [0.15, 0.2) is 0 Å². The zero-order chi connectivity index (χ0) is 8.97. The lowest BCUT2D eigenvalue weighted by Crippen LogP contribution is -2.15. The summed E-state index contributed by atoms with van der Waals surface area (Å²) in [5, 5.41) is 12.5. The quantitative estimate of drug-likeness (QED) is 0.640. The molecular weight excluding hydrogens is 172 g/mol. The first-order valence-corrected chi connectivity index (χ1v) is 4.71. The highest BCUT2D eigenvalue weighted by atomic mass is 32.1. The summed E-state index contributed by atoms with van der Waals surface area (Å²) in [4.78, 5) is 2.09. The fourth-order valence-corrected chi connectivity index (χ4v) is 1.85. The van der Waals surface area contributed by atoms with Crippen molar-refractivity contribution in [1.82, 2.24) is 5.32 Å². The molecule has 1 heterocycles. The fraction of sp³-hybridized carbons (Fsp3) is 0.500. The molecule has 1 aromatic heterocycles. The van der Waals surface area contributed by atoms with E-state index in [1.54, 1.807) is 11.3 Å². The maximum atomic E-state index is 9.54. The molecular formula is C8H14N2OS. The van der Waals surface area contributed by atoms with Gasteiger partial charge >= 0.3 is 0 Å². The van der Waals surface area contributed by atoms with Gasteiger partial charge in [0.2, 0.25) is 0 Å². The van der Waals surface area contributed by atoms with Crippen LogP contribution in [-0.4, -0.2) is 18.7 Å². The van der Waals surface area contributed by atoms with Crippen molar-refractivity contribution < 1.29 is 5.11 Å². The number of aliphatic hydroxyl groups is 1. The lowest BCUT2D eigenvalue weighted by Gasteiger charge is -2.05. The minimum Gasteiger partial charge on any atom is -0.386 e. The molecule has 0 aliphatic heterocycles. The summed E-state index contributed by atoms with van der Waals surface area (Å²) in [5.41, 5.74) is 5.45. The molecule has 0 aliphatic rings. The topological polar surface area (TPSA) is 58.3 Å². The zero-order valence-corrected chi connectivity index (χ0v) is 7.90. The number of likely N-dealkylation sites (N-methyl/N-ethyl adjacent to an activating group) is 1. The summed E-state index contributed by atoms with van der Waals surface area (Å²) < 4.78 is 0. The molecule has 0 spiro atoms. The Hall–Kier alpha value is -0.420. The molecule has 0 amide bonds. The van der Waals surface area contributed by atoms with Gasteiger partial charge in [0, 0.05) is 22.8 Å². The van der Waals surface area contributed by atoms with Crippen molar-refractivity contribution in [2.75, 3.05) is 13.6 Å². The van der Waals surface area contributed by atoms with Crippen LogP contribution in [0.5, 0.6) is 0 Å². The molecule has 12 heavy (non-hydrogen) atoms. The smallest absolute Gasteiger partial charge is 0.101 e. The molecule has 68 valence electrons. The number of nitrogens with two attached hydrogens (primary N) is 1. The lowest BCUT2D eigenvalue weighted by molar-refractivity contribution is 0.181. The van der Waals surface area contributed by atoms with Gasteiger partial charge in [-0.05, 0) is 19.2 Å². The Morgan fingerprint density at radius 2 is 2.42 bits per heavy atom. The molecule has 3 nitrogen and oxygen atoms in total. The van der Waals surface area contributed by atoms with Gasteiger partial charge < -0.3 is 16.2 Å². The van der Waals surface area contributed by atoms with E-state index in [1.165, 1.54) is 0 Å². The van der Waals surface area contributed by atoms with Crippen LogP contribution in [0.3, 0.4) is 0 Å². The first-order chi connectivity index (χ1) is 5.77. The van der Waals surface area contributed by atoms with Crippen molar-refractivity contribution in [1.29, 1.82) is 0 Å². The van der Waals surface area contributed by atoms with Crippen LogP contribution in [0.25, 0.3) is 0 Å². The summed E-state index contributed by atoms with van der Waals surface area (Å²) >= 11 is 1.57. The Bertz CT molecular complexity index is 237. The first kappa shape index (κ1) is 9.67. The Morgan fingerprint density at radius 3 is 2.92 bits per heavy atom. The number of thiophene rings is 1. The fourth-order valence-electron chi connectivity index (χ4n) is 0.977. The van der Waals surface area contributed by atoms with Crippen molar-refractivity contribution >= 4 is 11.3 Å². The number of nitrogens with one attached hydrogen (secondary N) is 1. The molecule has 0 aliphatic carbocycles. The van der Waals surface area contributed by atoms with Crippen LogP contribution in [0.4, 0.5) is 0 Å². The van der Waals surface area contributed by atoms with Crippen LogP contribution in [0.1, 0.15) is 15.9 Å². The number of rotatable bonds is 4. The van der Waals surface area contributed by atoms with E-state index in [0.29, 0.717) is 13.1 Å². The van der Waals surface area contributed by atoms with Gasteiger partial charge in [-0.15, -0.1) is 11.3 Å². The molecule has 1 aromatic rings. The molecule has 1 unspecified atom stereocenters. The monoisotopic (exact) mass is 186 g/mol. The van der Waals surface area contributed by atoms with Gasteiger partial charge in [0.05, 0.1) is 0 Å². The van der Waals surface area contributed by atoms with E-state index in [1.807, 2.05) is 19.2 Å². The van der Waals surface area contributed by atoms with Crippen LogP contribution >= 0.6 is 11.3 Å². The third-order valence-electron chi connectivity index (χ3n) is 1.61. The van der Waals surface area contributed by atoms with E-state index in [4.69, 9.17) is 5.73 Å². The van der Waals surface area contributed by atoms with Crippen LogP contribution < -0.4 is 11.1 Å². The van der Waals surface area contributed by atoms with Crippen LogP contribution in [0.2, 0.25) is 0 Å². The highest BCUT2D eigenvalue weighted by molar-refractivity contribution is 7.12. The second kappa shape index (κ2) is 4.57. The summed E-state index contributed by atoms with van der Waals surface area (Å²) in [7, 11) is 1.82. The third kappa shape index (κ3) is 2.28. The van der Waals surface area contributed by atoms with Gasteiger partial charge in [0.25, 0.3) is 0 Å². The number of aliphatic hydroxyl groups excluding tert-OH is 1. The second-order valence-corrected chi connectivity index (χ2v) is 3.78. The van der Waals surface area contributed by atoms with E-state index >= 15 is 0 Å². The molecule has 4 heteroatoms. The van der Waals surface area contributed by atoms with Crippen molar-refractivity contribution in [2.24, 2.45) is 5.73 Å². The molecule has 0 fully saturated rings. The maximum Gasteiger partial charge on any atom is 0.101 e. The number of hydrogen-bond donors (Lipinski definition) is 3. The van der Waals surface area contributed by atoms with Gasteiger partial charge in [-0.1, -0.05) is 0 Å². The van der Waals surface area contributed by atoms with Gasteiger partial charge in [-0.3, -0.25) is 0 Å². The molecule has 0 aromatic carbocycles. The van der Waals surface area contributed by atoms with E-state index < -0.39 is 6.10 Å². The van der Waals surface area contributed by atoms with Crippen LogP contribution in [0, 0.1) is 0 Å². The molecule has 0 saturated carbocycles. The van der Waals surface area contributed by atoms with Crippen molar-refractivity contribution in [3.8, 4) is 0 Å². The summed E-state index contributed by atoms with van der Waals surface area (Å²) in [6.07, 6.45) is -0.403. The highest BCUT2D eigenvalue weighted by Gasteiger charge is 2.08. The summed E-state index contributed by atoms with van der Waals surface area (Å²) in [6.45, 7) is 1.14. The zero-order valence-electron chi connectivity index (χ0n) is 7.08. The van der Waals surface area contributed by atoms with E-state index in [9.17, 15) is 5.11 Å². The highest BCUT2D eigenvalue weighted by Crippen LogP contribution is 2.22. The van der Waals surface area contributed by atoms with Crippen LogP contribution in [0.15, 0.2) is 12.1 Å². The molecule has 1 atom stereocenters.